The van der Waals surface area contributed by atoms with Gasteiger partial charge in [-0.2, -0.15) is 0 Å². The van der Waals surface area contributed by atoms with E-state index in [-0.39, 0.29) is 11.8 Å². The second kappa shape index (κ2) is 12.2. The molecule has 1 amide bonds. The van der Waals surface area contributed by atoms with Crippen molar-refractivity contribution in [3.05, 3.63) is 46.2 Å². The average molecular weight is 474 g/mol. The number of nitrogens with two attached hydrogens (primary N) is 1. The van der Waals surface area contributed by atoms with Crippen molar-refractivity contribution in [1.82, 2.24) is 15.3 Å². The first-order valence-electron chi connectivity index (χ1n) is 11.8. The highest BCUT2D eigenvalue weighted by Gasteiger charge is 2.21. The molecular formula is C25H36ClN5O2. The van der Waals surface area contributed by atoms with Crippen LogP contribution < -0.4 is 20.7 Å². The van der Waals surface area contributed by atoms with Crippen LogP contribution in [0.2, 0.25) is 5.02 Å². The van der Waals surface area contributed by atoms with Gasteiger partial charge in [-0.05, 0) is 81.2 Å². The predicted molar refractivity (Wildman–Crippen MR) is 133 cm³/mol. The van der Waals surface area contributed by atoms with Gasteiger partial charge in [0.05, 0.1) is 24.0 Å². The zero-order valence-corrected chi connectivity index (χ0v) is 20.7. The molecule has 1 atom stereocenters. The number of nitrogens with zero attached hydrogens (tertiary/aromatic N) is 3. The second-order valence-electron chi connectivity index (χ2n) is 9.11. The van der Waals surface area contributed by atoms with Crippen LogP contribution in [-0.4, -0.2) is 48.7 Å². The van der Waals surface area contributed by atoms with E-state index in [2.05, 4.69) is 20.2 Å². The zero-order chi connectivity index (χ0) is 23.8. The number of piperidine rings is 1. The number of aryl methyl sites for hydroxylation is 2. The molecule has 1 aliphatic rings. The van der Waals surface area contributed by atoms with Crippen molar-refractivity contribution in [2.75, 3.05) is 37.7 Å². The van der Waals surface area contributed by atoms with Gasteiger partial charge >= 0.3 is 0 Å². The number of anilines is 1. The van der Waals surface area contributed by atoms with Crippen molar-refractivity contribution in [3.63, 3.8) is 0 Å². The van der Waals surface area contributed by atoms with E-state index in [0.717, 1.165) is 67.2 Å². The van der Waals surface area contributed by atoms with E-state index in [9.17, 15) is 4.79 Å². The number of rotatable bonds is 10. The highest BCUT2D eigenvalue weighted by atomic mass is 35.5. The van der Waals surface area contributed by atoms with Crippen LogP contribution in [0.4, 0.5) is 5.95 Å². The van der Waals surface area contributed by atoms with E-state index >= 15 is 0 Å². The summed E-state index contributed by atoms with van der Waals surface area (Å²) >= 11 is 5.88. The molecule has 0 unspecified atom stereocenters. The molecule has 0 bridgehead atoms. The summed E-state index contributed by atoms with van der Waals surface area (Å²) in [5, 5.41) is 3.54. The minimum Gasteiger partial charge on any atom is -0.494 e. The number of nitrogens with one attached hydrogen (secondary N) is 1. The van der Waals surface area contributed by atoms with E-state index in [1.54, 1.807) is 12.4 Å². The van der Waals surface area contributed by atoms with Gasteiger partial charge in [-0.3, -0.25) is 4.79 Å². The van der Waals surface area contributed by atoms with Crippen molar-refractivity contribution in [1.29, 1.82) is 0 Å². The summed E-state index contributed by atoms with van der Waals surface area (Å²) in [6.45, 7) is 9.70. The molecule has 33 heavy (non-hydrogen) atoms. The third kappa shape index (κ3) is 7.30. The molecule has 0 saturated carbocycles. The van der Waals surface area contributed by atoms with Crippen molar-refractivity contribution in [2.24, 2.45) is 17.6 Å². The topological polar surface area (TPSA) is 93.4 Å². The molecule has 7 nitrogen and oxygen atoms in total. The lowest BCUT2D eigenvalue weighted by atomic mass is 9.92. The molecule has 2 aromatic rings. The molecule has 1 fully saturated rings. The lowest BCUT2D eigenvalue weighted by Gasteiger charge is -2.32. The first-order chi connectivity index (χ1) is 15.9. The van der Waals surface area contributed by atoms with Crippen molar-refractivity contribution >= 4 is 23.5 Å². The van der Waals surface area contributed by atoms with Crippen LogP contribution in [0.3, 0.4) is 0 Å². The largest absolute Gasteiger partial charge is 0.494 e. The summed E-state index contributed by atoms with van der Waals surface area (Å²) in [5.41, 5.74) is 8.22. The molecule has 0 spiro atoms. The van der Waals surface area contributed by atoms with E-state index in [0.29, 0.717) is 30.6 Å². The lowest BCUT2D eigenvalue weighted by molar-refractivity contribution is 0.0947. The van der Waals surface area contributed by atoms with Crippen molar-refractivity contribution in [2.45, 2.75) is 46.5 Å². The molecule has 2 heterocycles. The van der Waals surface area contributed by atoms with Crippen LogP contribution >= 0.6 is 11.6 Å². The molecule has 0 aliphatic carbocycles. The van der Waals surface area contributed by atoms with E-state index < -0.39 is 0 Å². The Morgan fingerprint density at radius 2 is 1.88 bits per heavy atom. The molecule has 1 aromatic carbocycles. The maximum absolute atomic E-state index is 12.6. The van der Waals surface area contributed by atoms with E-state index in [1.807, 2.05) is 32.9 Å². The van der Waals surface area contributed by atoms with Crippen LogP contribution in [0.1, 0.15) is 54.1 Å². The van der Waals surface area contributed by atoms with Crippen LogP contribution in [0.15, 0.2) is 24.5 Å². The maximum Gasteiger partial charge on any atom is 0.251 e. The number of hydrogen-bond donors (Lipinski definition) is 2. The number of amides is 1. The normalized spacial score (nSPS) is 15.4. The molecule has 1 aromatic heterocycles. The third-order valence-electron chi connectivity index (χ3n) is 6.28. The predicted octanol–water partition coefficient (Wildman–Crippen LogP) is 4.15. The van der Waals surface area contributed by atoms with Gasteiger partial charge in [0.25, 0.3) is 5.91 Å². The molecular weight excluding hydrogens is 438 g/mol. The van der Waals surface area contributed by atoms with Crippen LogP contribution in [-0.2, 0) is 0 Å². The van der Waals surface area contributed by atoms with E-state index in [4.69, 9.17) is 22.1 Å². The summed E-state index contributed by atoms with van der Waals surface area (Å²) in [7, 11) is 0. The Kier molecular flexibility index (Phi) is 9.32. The minimum atomic E-state index is -0.0489. The van der Waals surface area contributed by atoms with Crippen molar-refractivity contribution < 1.29 is 9.53 Å². The average Bonchev–Trinajstić information content (AvgIpc) is 2.81. The Morgan fingerprint density at radius 1 is 1.24 bits per heavy atom. The Bertz CT molecular complexity index is 891. The van der Waals surface area contributed by atoms with Gasteiger partial charge in [0, 0.05) is 25.2 Å². The first kappa shape index (κ1) is 25.2. The number of carbonyl (C=O) groups excluding carboxylic acids is 1. The Labute approximate surface area is 202 Å². The number of benzene rings is 1. The van der Waals surface area contributed by atoms with Gasteiger partial charge in [0.2, 0.25) is 5.95 Å². The van der Waals surface area contributed by atoms with Crippen LogP contribution in [0, 0.1) is 25.7 Å². The highest BCUT2D eigenvalue weighted by Crippen LogP contribution is 2.26. The quantitative estimate of drug-likeness (QED) is 0.503. The van der Waals surface area contributed by atoms with E-state index in [1.165, 1.54) is 0 Å². The zero-order valence-electron chi connectivity index (χ0n) is 19.9. The molecule has 1 saturated heterocycles. The standard InChI is InChI=1S/C25H36ClN5O2/c1-17(13-27)14-28-24(32)23-18(2)11-22(12-19(23)3)33-10-4-5-20-6-8-31(9-7-20)25-29-15-21(26)16-30-25/h11-12,15-17,20H,4-10,13-14,27H2,1-3H3,(H,28,32)/t17-/m1/s1. The van der Waals surface area contributed by atoms with Gasteiger partial charge in [-0.1, -0.05) is 18.5 Å². The van der Waals surface area contributed by atoms with Crippen molar-refractivity contribution in [3.8, 4) is 5.75 Å². The molecule has 3 rings (SSSR count). The van der Waals surface area contributed by atoms with Gasteiger partial charge in [0.1, 0.15) is 5.75 Å². The molecule has 8 heteroatoms. The summed E-state index contributed by atoms with van der Waals surface area (Å²) in [5.74, 6) is 2.49. The van der Waals surface area contributed by atoms with Gasteiger partial charge in [-0.15, -0.1) is 0 Å². The fraction of sp³-hybridized carbons (Fsp3) is 0.560. The van der Waals surface area contributed by atoms with Gasteiger partial charge in [-0.25, -0.2) is 9.97 Å². The summed E-state index contributed by atoms with van der Waals surface area (Å²) < 4.78 is 6.02. The summed E-state index contributed by atoms with van der Waals surface area (Å²) in [6, 6.07) is 3.91. The highest BCUT2D eigenvalue weighted by molar-refractivity contribution is 6.30. The number of halogens is 1. The van der Waals surface area contributed by atoms with Crippen LogP contribution in [0.25, 0.3) is 0 Å². The second-order valence-corrected chi connectivity index (χ2v) is 9.54. The minimum absolute atomic E-state index is 0.0489. The van der Waals surface area contributed by atoms with Gasteiger partial charge in [0.15, 0.2) is 0 Å². The number of ether oxygens (including phenoxy) is 1. The Morgan fingerprint density at radius 3 is 2.48 bits per heavy atom. The smallest absolute Gasteiger partial charge is 0.251 e. The monoisotopic (exact) mass is 473 g/mol. The lowest BCUT2D eigenvalue weighted by Crippen LogP contribution is -2.34. The molecule has 1 aliphatic heterocycles. The Hall–Kier alpha value is -2.38. The molecule has 0 radical (unpaired) electrons. The summed E-state index contributed by atoms with van der Waals surface area (Å²) in [6.07, 6.45) is 7.73. The number of aromatic nitrogens is 2. The fourth-order valence-electron chi connectivity index (χ4n) is 4.26. The third-order valence-corrected chi connectivity index (χ3v) is 6.47. The molecule has 180 valence electrons. The number of hydrogen-bond acceptors (Lipinski definition) is 6. The maximum atomic E-state index is 12.6. The number of carbonyl (C=O) groups is 1. The molecule has 3 N–H and O–H groups in total. The van der Waals surface area contributed by atoms with Crippen LogP contribution in [0.5, 0.6) is 5.75 Å². The summed E-state index contributed by atoms with van der Waals surface area (Å²) in [4.78, 5) is 23.4. The fourth-order valence-corrected chi connectivity index (χ4v) is 4.35. The first-order valence-corrected chi connectivity index (χ1v) is 12.2. The van der Waals surface area contributed by atoms with Gasteiger partial charge < -0.3 is 20.7 Å². The SMILES string of the molecule is Cc1cc(OCCCC2CCN(c3ncc(Cl)cn3)CC2)cc(C)c1C(=O)NC[C@H](C)CN. The Balaban J connectivity index is 1.41.